The third-order valence-corrected chi connectivity index (χ3v) is 7.41. The van der Waals surface area contributed by atoms with Gasteiger partial charge in [-0.2, -0.15) is 4.31 Å². The third kappa shape index (κ3) is 5.53. The smallest absolute Gasteiger partial charge is 0.251 e. The van der Waals surface area contributed by atoms with E-state index in [1.165, 1.54) is 10.4 Å². The van der Waals surface area contributed by atoms with Gasteiger partial charge in [0.15, 0.2) is 0 Å². The number of benzene rings is 1. The van der Waals surface area contributed by atoms with E-state index in [4.69, 9.17) is 4.74 Å². The van der Waals surface area contributed by atoms with Gasteiger partial charge in [0.1, 0.15) is 0 Å². The number of piperidine rings is 1. The Bertz CT molecular complexity index is 754. The zero-order valence-electron chi connectivity index (χ0n) is 16.6. The average Bonchev–Trinajstić information content (AvgIpc) is 2.72. The van der Waals surface area contributed by atoms with Crippen molar-refractivity contribution in [3.63, 3.8) is 0 Å². The highest BCUT2D eigenvalue weighted by Crippen LogP contribution is 2.23. The molecule has 0 atom stereocenters. The lowest BCUT2D eigenvalue weighted by Crippen LogP contribution is -2.38. The van der Waals surface area contributed by atoms with E-state index in [2.05, 4.69) is 17.1 Å². The standard InChI is InChI=1S/C20H31N3O4S/c1-17-6-10-23(11-7-17)28(25,26)19-5-2-4-18(16-19)20(24)21-8-3-9-22-12-14-27-15-13-22/h2,4-5,16-17H,3,6-15H2,1H3,(H,21,24). The zero-order valence-corrected chi connectivity index (χ0v) is 17.4. The number of carbonyl (C=O) groups is 1. The van der Waals surface area contributed by atoms with Gasteiger partial charge in [0, 0.05) is 38.3 Å². The molecule has 0 aliphatic carbocycles. The molecule has 2 saturated heterocycles. The van der Waals surface area contributed by atoms with Crippen molar-refractivity contribution >= 4 is 15.9 Å². The second kappa shape index (κ2) is 9.82. The van der Waals surface area contributed by atoms with Gasteiger partial charge in [0.25, 0.3) is 5.91 Å². The average molecular weight is 410 g/mol. The summed E-state index contributed by atoms with van der Waals surface area (Å²) in [5, 5.41) is 2.90. The molecule has 0 bridgehead atoms. The van der Waals surface area contributed by atoms with Crippen molar-refractivity contribution in [1.82, 2.24) is 14.5 Å². The molecule has 2 aliphatic heterocycles. The lowest BCUT2D eigenvalue weighted by Gasteiger charge is -2.29. The fourth-order valence-corrected chi connectivity index (χ4v) is 5.12. The van der Waals surface area contributed by atoms with Gasteiger partial charge in [0.2, 0.25) is 10.0 Å². The summed E-state index contributed by atoms with van der Waals surface area (Å²) < 4.78 is 32.6. The Morgan fingerprint density at radius 1 is 1.18 bits per heavy atom. The van der Waals surface area contributed by atoms with Crippen LogP contribution in [0.15, 0.2) is 29.2 Å². The molecular formula is C20H31N3O4S. The molecule has 2 heterocycles. The summed E-state index contributed by atoms with van der Waals surface area (Å²) in [6.07, 6.45) is 2.61. The van der Waals surface area contributed by atoms with Crippen molar-refractivity contribution in [1.29, 1.82) is 0 Å². The van der Waals surface area contributed by atoms with Crippen molar-refractivity contribution in [3.8, 4) is 0 Å². The Hall–Kier alpha value is -1.48. The lowest BCUT2D eigenvalue weighted by atomic mass is 10.0. The van der Waals surface area contributed by atoms with Gasteiger partial charge >= 0.3 is 0 Å². The van der Waals surface area contributed by atoms with Crippen molar-refractivity contribution in [3.05, 3.63) is 29.8 Å². The van der Waals surface area contributed by atoms with E-state index in [9.17, 15) is 13.2 Å². The van der Waals surface area contributed by atoms with E-state index in [1.807, 2.05) is 0 Å². The lowest BCUT2D eigenvalue weighted by molar-refractivity contribution is 0.0374. The van der Waals surface area contributed by atoms with Gasteiger partial charge < -0.3 is 10.1 Å². The van der Waals surface area contributed by atoms with Crippen LogP contribution in [0.3, 0.4) is 0 Å². The second-order valence-corrected chi connectivity index (χ2v) is 9.62. The predicted molar refractivity (Wildman–Crippen MR) is 108 cm³/mol. The number of nitrogens with one attached hydrogen (secondary N) is 1. The van der Waals surface area contributed by atoms with Gasteiger partial charge in [-0.05, 0) is 49.9 Å². The van der Waals surface area contributed by atoms with Gasteiger partial charge in [-0.3, -0.25) is 9.69 Å². The van der Waals surface area contributed by atoms with Crippen molar-refractivity contribution in [2.24, 2.45) is 5.92 Å². The van der Waals surface area contributed by atoms with E-state index in [-0.39, 0.29) is 10.8 Å². The van der Waals surface area contributed by atoms with Crippen LogP contribution in [0.5, 0.6) is 0 Å². The maximum Gasteiger partial charge on any atom is 0.251 e. The Balaban J connectivity index is 1.53. The topological polar surface area (TPSA) is 79.0 Å². The Labute approximate surface area is 168 Å². The summed E-state index contributed by atoms with van der Waals surface area (Å²) in [7, 11) is -3.55. The van der Waals surface area contributed by atoms with Crippen LogP contribution in [-0.2, 0) is 14.8 Å². The fourth-order valence-electron chi connectivity index (χ4n) is 3.60. The van der Waals surface area contributed by atoms with Crippen molar-refractivity contribution < 1.29 is 17.9 Å². The quantitative estimate of drug-likeness (QED) is 0.692. The maximum atomic E-state index is 12.9. The van der Waals surface area contributed by atoms with Crippen LogP contribution in [0.1, 0.15) is 36.5 Å². The number of hydrogen-bond acceptors (Lipinski definition) is 5. The van der Waals surface area contributed by atoms with Gasteiger partial charge in [0.05, 0.1) is 18.1 Å². The second-order valence-electron chi connectivity index (χ2n) is 7.68. The minimum atomic E-state index is -3.55. The molecule has 2 fully saturated rings. The molecule has 0 unspecified atom stereocenters. The summed E-state index contributed by atoms with van der Waals surface area (Å²) in [5.74, 6) is 0.326. The highest BCUT2D eigenvalue weighted by molar-refractivity contribution is 7.89. The monoisotopic (exact) mass is 409 g/mol. The number of rotatable bonds is 7. The van der Waals surface area contributed by atoms with Crippen molar-refractivity contribution in [2.45, 2.75) is 31.1 Å². The van der Waals surface area contributed by atoms with Crippen molar-refractivity contribution in [2.75, 3.05) is 52.5 Å². The molecule has 7 nitrogen and oxygen atoms in total. The van der Waals surface area contributed by atoms with Crippen LogP contribution >= 0.6 is 0 Å². The van der Waals surface area contributed by atoms with E-state index >= 15 is 0 Å². The summed E-state index contributed by atoms with van der Waals surface area (Å²) in [6.45, 7) is 8.12. The molecule has 1 aromatic carbocycles. The number of hydrogen-bond donors (Lipinski definition) is 1. The first-order valence-corrected chi connectivity index (χ1v) is 11.6. The number of carbonyl (C=O) groups excluding carboxylic acids is 1. The zero-order chi connectivity index (χ0) is 20.0. The number of morpholine rings is 1. The van der Waals surface area contributed by atoms with E-state index in [0.717, 1.165) is 52.1 Å². The van der Waals surface area contributed by atoms with E-state index < -0.39 is 10.0 Å². The highest BCUT2D eigenvalue weighted by atomic mass is 32.2. The molecule has 0 aromatic heterocycles. The minimum Gasteiger partial charge on any atom is -0.379 e. The van der Waals surface area contributed by atoms with E-state index in [1.54, 1.807) is 18.2 Å². The predicted octanol–water partition coefficient (Wildman–Crippen LogP) is 1.56. The Morgan fingerprint density at radius 3 is 2.61 bits per heavy atom. The van der Waals surface area contributed by atoms with E-state index in [0.29, 0.717) is 31.1 Å². The summed E-state index contributed by atoms with van der Waals surface area (Å²) >= 11 is 0. The van der Waals surface area contributed by atoms with Gasteiger partial charge in [-0.1, -0.05) is 13.0 Å². The largest absolute Gasteiger partial charge is 0.379 e. The van der Waals surface area contributed by atoms with Crippen LogP contribution < -0.4 is 5.32 Å². The van der Waals surface area contributed by atoms with Crippen LogP contribution in [0.2, 0.25) is 0 Å². The molecule has 156 valence electrons. The molecule has 2 aliphatic rings. The molecule has 0 spiro atoms. The number of amides is 1. The molecule has 0 saturated carbocycles. The summed E-state index contributed by atoms with van der Waals surface area (Å²) in [4.78, 5) is 15.0. The van der Waals surface area contributed by atoms with Crippen LogP contribution in [0.25, 0.3) is 0 Å². The van der Waals surface area contributed by atoms with Crippen LogP contribution in [0, 0.1) is 5.92 Å². The molecular weight excluding hydrogens is 378 g/mol. The first-order chi connectivity index (χ1) is 13.5. The van der Waals surface area contributed by atoms with Crippen LogP contribution in [-0.4, -0.2) is 76.0 Å². The highest BCUT2D eigenvalue weighted by Gasteiger charge is 2.28. The molecule has 0 radical (unpaired) electrons. The first kappa shape index (κ1) is 21.2. The van der Waals surface area contributed by atoms with Gasteiger partial charge in [-0.25, -0.2) is 8.42 Å². The Morgan fingerprint density at radius 2 is 1.89 bits per heavy atom. The number of sulfonamides is 1. The Kier molecular flexibility index (Phi) is 7.45. The normalized spacial score (nSPS) is 20.2. The van der Waals surface area contributed by atoms with Crippen LogP contribution in [0.4, 0.5) is 0 Å². The third-order valence-electron chi connectivity index (χ3n) is 5.52. The summed E-state index contributed by atoms with van der Waals surface area (Å²) in [6, 6.07) is 6.37. The SMILES string of the molecule is CC1CCN(S(=O)(=O)c2cccc(C(=O)NCCCN3CCOCC3)c2)CC1. The number of nitrogens with zero attached hydrogens (tertiary/aromatic N) is 2. The first-order valence-electron chi connectivity index (χ1n) is 10.2. The molecule has 8 heteroatoms. The molecule has 1 aromatic rings. The minimum absolute atomic E-state index is 0.197. The fraction of sp³-hybridized carbons (Fsp3) is 0.650. The number of ether oxygens (including phenoxy) is 1. The maximum absolute atomic E-state index is 12.9. The molecule has 1 N–H and O–H groups in total. The molecule has 28 heavy (non-hydrogen) atoms. The summed E-state index contributed by atoms with van der Waals surface area (Å²) in [5.41, 5.74) is 0.387. The molecule has 1 amide bonds. The molecule has 3 rings (SSSR count). The van der Waals surface area contributed by atoms with Gasteiger partial charge in [-0.15, -0.1) is 0 Å².